The van der Waals surface area contributed by atoms with Crippen LogP contribution in [0.4, 0.5) is 25.0 Å². The number of carbonyl (C=O) groups excluding carboxylic acids is 2. The summed E-state index contributed by atoms with van der Waals surface area (Å²) in [6, 6.07) is 20.0. The van der Waals surface area contributed by atoms with E-state index in [1.807, 2.05) is 29.6 Å². The van der Waals surface area contributed by atoms with Crippen LogP contribution in [0.2, 0.25) is 0 Å². The predicted octanol–water partition coefficient (Wildman–Crippen LogP) is 6.03. The van der Waals surface area contributed by atoms with Gasteiger partial charge in [-0.3, -0.25) is 9.69 Å². The maximum absolute atomic E-state index is 13.7. The van der Waals surface area contributed by atoms with Crippen LogP contribution in [0.1, 0.15) is 52.7 Å². The summed E-state index contributed by atoms with van der Waals surface area (Å²) in [5.74, 6) is -7.15. The second-order valence-electron chi connectivity index (χ2n) is 10.3. The number of nitrogens with one attached hydrogen (secondary N) is 2. The molecule has 1 aliphatic carbocycles. The molecule has 0 aromatic heterocycles. The number of hydrogen-bond donors (Lipinski definition) is 4. The number of hydrogen-bond acceptors (Lipinski definition) is 5. The van der Waals surface area contributed by atoms with Gasteiger partial charge >= 0.3 is 17.9 Å². The maximum atomic E-state index is 13.7. The maximum Gasteiger partial charge on any atom is 0.376 e. The van der Waals surface area contributed by atoms with Crippen LogP contribution in [0.5, 0.6) is 0 Å². The molecular weight excluding hydrogens is 584 g/mol. The minimum Gasteiger partial charge on any atom is -0.477 e. The Labute approximate surface area is 258 Å². The highest BCUT2D eigenvalue weighted by Crippen LogP contribution is 2.29. The summed E-state index contributed by atoms with van der Waals surface area (Å²) >= 11 is 0. The molecule has 0 saturated heterocycles. The standard InChI is InChI=1S/C32H33F2N7O4/c1-36-40-39-28(35)25-8-5-9-26(18-25)38-31(45)41(27-16-14-23(15-17-27)22-6-3-2-4-7-22)19-21-10-12-24(13-11-21)29(42)37-20-32(33,34)30(43)44/h5-6,8-18H,2-4,7,19-20H2,1H3,(H,37,42)(H,38,45)(H,43,44)(H2,35,36,39). The smallest absolute Gasteiger partial charge is 0.376 e. The number of amidine groups is 1. The van der Waals surface area contributed by atoms with E-state index in [4.69, 9.17) is 10.8 Å². The van der Waals surface area contributed by atoms with Gasteiger partial charge < -0.3 is 21.5 Å². The summed E-state index contributed by atoms with van der Waals surface area (Å²) in [7, 11) is 1.46. The molecule has 5 N–H and O–H groups in total. The van der Waals surface area contributed by atoms with Gasteiger partial charge in [-0.25, -0.2) is 9.59 Å². The van der Waals surface area contributed by atoms with Crippen molar-refractivity contribution in [1.82, 2.24) is 5.32 Å². The molecule has 0 atom stereocenters. The van der Waals surface area contributed by atoms with Crippen molar-refractivity contribution in [3.05, 3.63) is 101 Å². The molecule has 0 saturated carbocycles. The first-order valence-electron chi connectivity index (χ1n) is 14.2. The van der Waals surface area contributed by atoms with Crippen molar-refractivity contribution in [2.24, 2.45) is 21.2 Å². The molecule has 3 aromatic rings. The van der Waals surface area contributed by atoms with Crippen molar-refractivity contribution >= 4 is 40.7 Å². The summed E-state index contributed by atoms with van der Waals surface area (Å²) in [6.45, 7) is -1.24. The Morgan fingerprint density at radius 1 is 1.00 bits per heavy atom. The Morgan fingerprint density at radius 3 is 2.38 bits per heavy atom. The summed E-state index contributed by atoms with van der Waals surface area (Å²) in [6.07, 6.45) is 6.59. The number of aliphatic carboxylic acids is 1. The third-order valence-electron chi connectivity index (χ3n) is 7.08. The Morgan fingerprint density at radius 2 is 1.73 bits per heavy atom. The van der Waals surface area contributed by atoms with Crippen LogP contribution in [0.25, 0.3) is 5.57 Å². The van der Waals surface area contributed by atoms with Gasteiger partial charge in [0.05, 0.1) is 20.1 Å². The van der Waals surface area contributed by atoms with Crippen LogP contribution in [0, 0.1) is 0 Å². The molecule has 0 radical (unpaired) electrons. The first-order chi connectivity index (χ1) is 21.6. The van der Waals surface area contributed by atoms with Crippen molar-refractivity contribution in [2.45, 2.75) is 38.2 Å². The molecule has 0 bridgehead atoms. The molecule has 0 spiro atoms. The highest BCUT2D eigenvalue weighted by molar-refractivity contribution is 6.03. The second kappa shape index (κ2) is 14.8. The lowest BCUT2D eigenvalue weighted by atomic mass is 9.93. The third kappa shape index (κ3) is 8.78. The van der Waals surface area contributed by atoms with E-state index in [0.717, 1.165) is 24.8 Å². The van der Waals surface area contributed by atoms with E-state index in [-0.39, 0.29) is 17.9 Å². The number of benzene rings is 3. The van der Waals surface area contributed by atoms with Gasteiger partial charge in [0.25, 0.3) is 5.91 Å². The Hall–Kier alpha value is -5.46. The Balaban J connectivity index is 1.56. The van der Waals surface area contributed by atoms with Crippen LogP contribution in [-0.4, -0.2) is 48.4 Å². The van der Waals surface area contributed by atoms with Crippen LogP contribution in [0.15, 0.2) is 94.3 Å². The van der Waals surface area contributed by atoms with Gasteiger partial charge in [-0.05, 0) is 84.0 Å². The molecule has 4 rings (SSSR count). The first kappa shape index (κ1) is 32.5. The van der Waals surface area contributed by atoms with Crippen molar-refractivity contribution in [3.8, 4) is 0 Å². The van der Waals surface area contributed by atoms with Crippen molar-refractivity contribution in [2.75, 3.05) is 23.8 Å². The number of alkyl halides is 2. The monoisotopic (exact) mass is 617 g/mol. The molecule has 3 aromatic carbocycles. The van der Waals surface area contributed by atoms with E-state index in [0.29, 0.717) is 22.5 Å². The number of nitrogens with two attached hydrogens (primary N) is 1. The number of carbonyl (C=O) groups is 3. The molecular formula is C32H33F2N7O4. The normalized spacial score (nSPS) is 13.7. The number of nitrogens with zero attached hydrogens (tertiary/aromatic N) is 4. The molecule has 0 heterocycles. The highest BCUT2D eigenvalue weighted by Gasteiger charge is 2.39. The van der Waals surface area contributed by atoms with Gasteiger partial charge in [0.15, 0.2) is 5.84 Å². The number of amides is 3. The van der Waals surface area contributed by atoms with E-state index in [9.17, 15) is 23.2 Å². The zero-order valence-corrected chi connectivity index (χ0v) is 24.5. The average molecular weight is 618 g/mol. The van der Waals surface area contributed by atoms with Crippen molar-refractivity contribution in [1.29, 1.82) is 0 Å². The lowest BCUT2D eigenvalue weighted by molar-refractivity contribution is -0.163. The topological polar surface area (TPSA) is 162 Å². The number of rotatable bonds is 11. The predicted molar refractivity (Wildman–Crippen MR) is 167 cm³/mol. The van der Waals surface area contributed by atoms with Gasteiger partial charge in [-0.15, -0.1) is 5.10 Å². The number of urea groups is 1. The number of carboxylic acid groups (broad SMARTS) is 1. The SMILES string of the molecule is CN=NN=C(N)c1cccc(NC(=O)N(Cc2ccc(C(=O)NCC(F)(F)C(=O)O)cc2)c2ccc(C3=CCCCC3)cc2)c1. The van der Waals surface area contributed by atoms with E-state index >= 15 is 0 Å². The second-order valence-corrected chi connectivity index (χ2v) is 10.3. The molecule has 234 valence electrons. The molecule has 0 aliphatic heterocycles. The number of carboxylic acids is 1. The summed E-state index contributed by atoms with van der Waals surface area (Å²) in [5, 5.41) is 24.3. The van der Waals surface area contributed by atoms with Crippen LogP contribution in [0.3, 0.4) is 0 Å². The van der Waals surface area contributed by atoms with E-state index in [1.165, 1.54) is 36.1 Å². The fraction of sp³-hybridized carbons (Fsp3) is 0.250. The average Bonchev–Trinajstić information content (AvgIpc) is 3.05. The van der Waals surface area contributed by atoms with Gasteiger partial charge in [-0.2, -0.15) is 13.9 Å². The van der Waals surface area contributed by atoms with E-state index in [1.54, 1.807) is 36.4 Å². The first-order valence-corrected chi connectivity index (χ1v) is 14.2. The summed E-state index contributed by atoms with van der Waals surface area (Å²) in [5.41, 5.74) is 10.7. The largest absolute Gasteiger partial charge is 0.477 e. The molecule has 0 fully saturated rings. The van der Waals surface area contributed by atoms with Gasteiger partial charge in [-0.1, -0.05) is 42.5 Å². The fourth-order valence-corrected chi connectivity index (χ4v) is 4.65. The molecule has 13 heteroatoms. The molecule has 1 aliphatic rings. The quantitative estimate of drug-likeness (QED) is 0.0892. The Kier molecular flexibility index (Phi) is 10.7. The molecule has 3 amide bonds. The van der Waals surface area contributed by atoms with E-state index in [2.05, 4.69) is 26.8 Å². The van der Waals surface area contributed by atoms with Crippen LogP contribution in [-0.2, 0) is 11.3 Å². The van der Waals surface area contributed by atoms with Crippen molar-refractivity contribution < 1.29 is 28.3 Å². The van der Waals surface area contributed by atoms with Crippen molar-refractivity contribution in [3.63, 3.8) is 0 Å². The number of halogens is 2. The summed E-state index contributed by atoms with van der Waals surface area (Å²) < 4.78 is 26.8. The Bertz CT molecular complexity index is 1620. The van der Waals surface area contributed by atoms with Crippen LogP contribution < -0.4 is 21.3 Å². The minimum absolute atomic E-state index is 0.0553. The van der Waals surface area contributed by atoms with Gasteiger partial charge in [0, 0.05) is 22.5 Å². The highest BCUT2D eigenvalue weighted by atomic mass is 19.3. The van der Waals surface area contributed by atoms with Gasteiger partial charge in [0.1, 0.15) is 0 Å². The lowest BCUT2D eigenvalue weighted by Gasteiger charge is -2.24. The molecule has 45 heavy (non-hydrogen) atoms. The molecule has 0 unspecified atom stereocenters. The zero-order valence-electron chi connectivity index (χ0n) is 24.5. The lowest BCUT2D eigenvalue weighted by Crippen LogP contribution is -2.42. The zero-order chi connectivity index (χ0) is 32.4. The fourth-order valence-electron chi connectivity index (χ4n) is 4.65. The van der Waals surface area contributed by atoms with Gasteiger partial charge in [0.2, 0.25) is 0 Å². The number of anilines is 2. The summed E-state index contributed by atoms with van der Waals surface area (Å²) in [4.78, 5) is 38.2. The van der Waals surface area contributed by atoms with Crippen LogP contribution >= 0.6 is 0 Å². The third-order valence-corrected chi connectivity index (χ3v) is 7.08. The molecule has 11 nitrogen and oxygen atoms in total. The van der Waals surface area contributed by atoms with E-state index < -0.39 is 30.4 Å². The number of allylic oxidation sites excluding steroid dienone is 2. The minimum atomic E-state index is -4.09.